The van der Waals surface area contributed by atoms with Gasteiger partial charge in [0.2, 0.25) is 17.7 Å². The second-order valence-electron chi connectivity index (χ2n) is 11.1. The minimum Gasteiger partial charge on any atom is -0.465 e. The maximum atomic E-state index is 13.5. The van der Waals surface area contributed by atoms with E-state index in [-0.39, 0.29) is 54.4 Å². The van der Waals surface area contributed by atoms with Gasteiger partial charge in [-0.2, -0.15) is 0 Å². The molecule has 0 aliphatic heterocycles. The van der Waals surface area contributed by atoms with Crippen molar-refractivity contribution in [2.45, 2.75) is 45.4 Å². The third kappa shape index (κ3) is 15.5. The van der Waals surface area contributed by atoms with Crippen molar-refractivity contribution in [2.75, 3.05) is 30.3 Å². The average Bonchev–Trinajstić information content (AvgIpc) is 3.09. The number of urea groups is 1. The molecule has 0 radical (unpaired) electrons. The molecule has 284 valence electrons. The number of terminal acetylenes is 1. The number of nitrogens with one attached hydrogen (secondary N) is 6. The molecule has 2 aromatic carbocycles. The van der Waals surface area contributed by atoms with E-state index in [9.17, 15) is 48.8 Å². The molecule has 53 heavy (non-hydrogen) atoms. The Morgan fingerprint density at radius 2 is 1.66 bits per heavy atom. The number of nitro groups is 1. The average molecular weight is 743 g/mol. The maximum Gasteiger partial charge on any atom is 0.514 e. The van der Waals surface area contributed by atoms with Crippen molar-refractivity contribution in [1.82, 2.24) is 21.3 Å². The lowest BCUT2D eigenvalue weighted by Crippen LogP contribution is -2.54. The normalized spacial score (nSPS) is 11.4. The third-order valence-electron chi connectivity index (χ3n) is 6.76. The summed E-state index contributed by atoms with van der Waals surface area (Å²) in [6, 6.07) is 5.35. The Bertz CT molecular complexity index is 1710. The molecule has 0 aliphatic rings. The summed E-state index contributed by atoms with van der Waals surface area (Å²) in [5.41, 5.74) is 5.09. The molecule has 0 bridgehead atoms. The third-order valence-corrected chi connectivity index (χ3v) is 6.76. The van der Waals surface area contributed by atoms with Crippen molar-refractivity contribution in [3.63, 3.8) is 0 Å². The number of amides is 7. The smallest absolute Gasteiger partial charge is 0.465 e. The van der Waals surface area contributed by atoms with Crippen LogP contribution in [-0.2, 0) is 30.5 Å². The van der Waals surface area contributed by atoms with E-state index in [1.807, 2.05) is 0 Å². The van der Waals surface area contributed by atoms with Crippen LogP contribution in [0.5, 0.6) is 5.75 Å². The van der Waals surface area contributed by atoms with Crippen LogP contribution >= 0.6 is 0 Å². The van der Waals surface area contributed by atoms with E-state index >= 15 is 0 Å². The number of rotatable bonds is 18. The number of benzene rings is 2. The Labute approximate surface area is 301 Å². The summed E-state index contributed by atoms with van der Waals surface area (Å²) in [5.74, 6) is -0.795. The second kappa shape index (κ2) is 21.2. The summed E-state index contributed by atoms with van der Waals surface area (Å²) >= 11 is 0. The van der Waals surface area contributed by atoms with Gasteiger partial charge in [0.05, 0.1) is 4.92 Å². The minimum atomic E-state index is -1.46. The van der Waals surface area contributed by atoms with Crippen LogP contribution in [0.25, 0.3) is 0 Å². The highest BCUT2D eigenvalue weighted by Crippen LogP contribution is 2.24. The fourth-order valence-electron chi connectivity index (χ4n) is 4.25. The molecule has 2 rings (SSSR count). The topological polar surface area (TPSA) is 309 Å². The molecule has 9 N–H and O–H groups in total. The lowest BCUT2D eigenvalue weighted by molar-refractivity contribution is -0.384. The Kier molecular flexibility index (Phi) is 16.8. The molecule has 0 saturated heterocycles. The van der Waals surface area contributed by atoms with Crippen molar-refractivity contribution >= 4 is 59.2 Å². The molecule has 0 aliphatic carbocycles. The van der Waals surface area contributed by atoms with Crippen molar-refractivity contribution in [1.29, 1.82) is 0 Å². The number of nitro benzene ring substituents is 1. The molecular formula is C32H38N8O13. The fraction of sp³-hybridized carbons (Fsp3) is 0.344. The van der Waals surface area contributed by atoms with Gasteiger partial charge in [-0.15, -0.1) is 6.42 Å². The van der Waals surface area contributed by atoms with Crippen LogP contribution in [0.1, 0.15) is 32.3 Å². The number of carbonyl (C=O) groups is 7. The molecule has 21 nitrogen and oxygen atoms in total. The highest BCUT2D eigenvalue weighted by atomic mass is 16.7. The van der Waals surface area contributed by atoms with Gasteiger partial charge in [0.1, 0.15) is 31.0 Å². The van der Waals surface area contributed by atoms with Crippen LogP contribution in [0.2, 0.25) is 0 Å². The van der Waals surface area contributed by atoms with Crippen LogP contribution in [0.15, 0.2) is 42.5 Å². The molecule has 0 heterocycles. The predicted octanol–water partition coefficient (Wildman–Crippen LogP) is 1.77. The fourth-order valence-corrected chi connectivity index (χ4v) is 4.25. The van der Waals surface area contributed by atoms with Crippen LogP contribution < -0.4 is 42.4 Å². The highest BCUT2D eigenvalue weighted by Gasteiger charge is 2.29. The first-order valence-electron chi connectivity index (χ1n) is 15.6. The number of carbonyl (C=O) groups excluding carboxylic acids is 6. The molecule has 21 heteroatoms. The maximum absolute atomic E-state index is 13.5. The molecule has 2 aromatic rings. The molecule has 0 saturated carbocycles. The summed E-state index contributed by atoms with van der Waals surface area (Å²) < 4.78 is 14.8. The number of hydrogen-bond acceptors (Lipinski definition) is 12. The lowest BCUT2D eigenvalue weighted by Gasteiger charge is -2.24. The molecule has 0 fully saturated rings. The Balaban J connectivity index is 2.29. The van der Waals surface area contributed by atoms with Gasteiger partial charge in [-0.3, -0.25) is 24.5 Å². The minimum absolute atomic E-state index is 0.00787. The van der Waals surface area contributed by atoms with Crippen LogP contribution in [0, 0.1) is 28.4 Å². The number of primary amides is 1. The zero-order valence-corrected chi connectivity index (χ0v) is 28.5. The molecule has 2 unspecified atom stereocenters. The van der Waals surface area contributed by atoms with E-state index in [0.717, 1.165) is 12.1 Å². The monoisotopic (exact) mass is 742 g/mol. The number of alkyl carbamates (subject to hydrolysis) is 1. The number of carboxylic acid groups (broad SMARTS) is 1. The number of non-ortho nitro benzene ring substituents is 1. The Morgan fingerprint density at radius 1 is 0.962 bits per heavy atom. The molecule has 7 amide bonds. The van der Waals surface area contributed by atoms with E-state index in [0.29, 0.717) is 0 Å². The first kappa shape index (κ1) is 42.1. The summed E-state index contributed by atoms with van der Waals surface area (Å²) in [6.07, 6.45) is 1.55. The van der Waals surface area contributed by atoms with Crippen molar-refractivity contribution < 1.29 is 57.8 Å². The van der Waals surface area contributed by atoms with Crippen LogP contribution in [0.4, 0.5) is 36.2 Å². The van der Waals surface area contributed by atoms with Crippen molar-refractivity contribution in [3.8, 4) is 18.1 Å². The van der Waals surface area contributed by atoms with E-state index in [1.165, 1.54) is 30.3 Å². The van der Waals surface area contributed by atoms with Crippen molar-refractivity contribution in [2.24, 2.45) is 11.7 Å². The molecular weight excluding hydrogens is 704 g/mol. The van der Waals surface area contributed by atoms with Gasteiger partial charge in [0.15, 0.2) is 6.61 Å². The first-order chi connectivity index (χ1) is 25.1. The Hall–Kier alpha value is -7.11. The van der Waals surface area contributed by atoms with Gasteiger partial charge in [-0.25, -0.2) is 19.2 Å². The molecule has 0 aromatic heterocycles. The lowest BCUT2D eigenvalue weighted by atomic mass is 10.0. The Morgan fingerprint density at radius 3 is 2.26 bits per heavy atom. The van der Waals surface area contributed by atoms with Gasteiger partial charge in [-0.1, -0.05) is 25.8 Å². The van der Waals surface area contributed by atoms with Crippen LogP contribution in [-0.4, -0.2) is 83.9 Å². The SMILES string of the molecule is C#CCOC(=O)NCC(=O)Nc1cc(NC(=O)C(CCCNC(N)=O)NC(=O)C(NC(=O)O)C(C)C)ccc1COC(=O)Oc1ccc([N+](=O)[O-])cc1. The first-order valence-corrected chi connectivity index (χ1v) is 15.6. The highest BCUT2D eigenvalue weighted by molar-refractivity contribution is 6.00. The summed E-state index contributed by atoms with van der Waals surface area (Å²) in [4.78, 5) is 95.9. The van der Waals surface area contributed by atoms with Gasteiger partial charge < -0.3 is 57.0 Å². The van der Waals surface area contributed by atoms with E-state index in [4.69, 9.17) is 21.6 Å². The zero-order chi connectivity index (χ0) is 39.5. The number of ether oxygens (including phenoxy) is 3. The zero-order valence-electron chi connectivity index (χ0n) is 28.5. The standard InChI is InChI=1S/C32H38N8O13/c1-4-14-51-31(47)35-16-25(41)37-24-15-20(8-7-19(24)17-52-32(48)53-22-11-9-21(10-12-22)40(49)50)36-27(42)23(6-5-13-34-29(33)44)38-28(43)26(18(2)3)39-30(45)46/h1,7-12,15,18,23,26,39H,5-6,13-14,16-17H2,2-3H3,(H,35,47)(H,36,42)(H,37,41)(H,38,43)(H,45,46)(H3,33,34,44). The molecule has 2 atom stereocenters. The van der Waals surface area contributed by atoms with Gasteiger partial charge in [0.25, 0.3) is 5.69 Å². The summed E-state index contributed by atoms with van der Waals surface area (Å²) in [6.45, 7) is 1.82. The van der Waals surface area contributed by atoms with Gasteiger partial charge in [-0.05, 0) is 43.0 Å². The predicted molar refractivity (Wildman–Crippen MR) is 184 cm³/mol. The largest absolute Gasteiger partial charge is 0.514 e. The quantitative estimate of drug-likeness (QED) is 0.0270. The number of nitrogens with two attached hydrogens (primary N) is 1. The second-order valence-corrected chi connectivity index (χ2v) is 11.1. The van der Waals surface area contributed by atoms with E-state index < -0.39 is 78.2 Å². The van der Waals surface area contributed by atoms with Gasteiger partial charge >= 0.3 is 24.4 Å². The van der Waals surface area contributed by atoms with E-state index in [2.05, 4.69) is 42.6 Å². The van der Waals surface area contributed by atoms with E-state index in [1.54, 1.807) is 13.8 Å². The van der Waals surface area contributed by atoms with Gasteiger partial charge in [0, 0.05) is 35.6 Å². The summed E-state index contributed by atoms with van der Waals surface area (Å²) in [7, 11) is 0. The number of anilines is 2. The summed E-state index contributed by atoms with van der Waals surface area (Å²) in [5, 5.41) is 34.3. The van der Waals surface area contributed by atoms with Crippen LogP contribution in [0.3, 0.4) is 0 Å². The number of hydrogen-bond donors (Lipinski definition) is 8. The molecule has 0 spiro atoms. The van der Waals surface area contributed by atoms with Crippen molar-refractivity contribution in [3.05, 3.63) is 58.1 Å². The number of nitrogens with zero attached hydrogens (tertiary/aromatic N) is 1.